The van der Waals surface area contributed by atoms with E-state index >= 15 is 0 Å². The van der Waals surface area contributed by atoms with Gasteiger partial charge in [-0.1, -0.05) is 20.8 Å². The number of hydrogen-bond acceptors (Lipinski definition) is 2. The first-order valence-electron chi connectivity index (χ1n) is 4.26. The fourth-order valence-electron chi connectivity index (χ4n) is 0.665. The quantitative estimate of drug-likeness (QED) is 0.648. The van der Waals surface area contributed by atoms with Gasteiger partial charge in [0, 0.05) is 19.7 Å². The van der Waals surface area contributed by atoms with Crippen molar-refractivity contribution in [1.29, 1.82) is 0 Å². The Balaban J connectivity index is 0.000000371. The first-order valence-corrected chi connectivity index (χ1v) is 4.26. The van der Waals surface area contributed by atoms with Crippen LogP contribution in [-0.2, 0) is 4.74 Å². The highest BCUT2D eigenvalue weighted by Gasteiger charge is 2.15. The summed E-state index contributed by atoms with van der Waals surface area (Å²) < 4.78 is 5.36. The standard InChI is InChI=1S/C6H13NO.C2H6/c1-2-3-8-6-4-7-5-6;1-2/h6-7H,2-5H2,1H3;1-2H3. The molecule has 0 aromatic carbocycles. The van der Waals surface area contributed by atoms with E-state index in [0.717, 1.165) is 26.1 Å². The highest BCUT2D eigenvalue weighted by molar-refractivity contribution is 4.74. The normalized spacial score (nSPS) is 17.1. The number of rotatable bonds is 3. The predicted molar refractivity (Wildman–Crippen MR) is 44.2 cm³/mol. The molecule has 1 aliphatic heterocycles. The zero-order valence-electron chi connectivity index (χ0n) is 7.31. The molecular formula is C8H19NO. The lowest BCUT2D eigenvalue weighted by atomic mass is 10.2. The molecule has 0 aromatic rings. The van der Waals surface area contributed by atoms with Crippen LogP contribution in [0.3, 0.4) is 0 Å². The maximum absolute atomic E-state index is 5.36. The minimum absolute atomic E-state index is 0.523. The van der Waals surface area contributed by atoms with Crippen LogP contribution in [0.25, 0.3) is 0 Å². The molecule has 10 heavy (non-hydrogen) atoms. The summed E-state index contributed by atoms with van der Waals surface area (Å²) in [7, 11) is 0. The van der Waals surface area contributed by atoms with E-state index in [2.05, 4.69) is 12.2 Å². The van der Waals surface area contributed by atoms with Crippen LogP contribution in [0.4, 0.5) is 0 Å². The van der Waals surface area contributed by atoms with Crippen LogP contribution in [0.2, 0.25) is 0 Å². The summed E-state index contributed by atoms with van der Waals surface area (Å²) >= 11 is 0. The summed E-state index contributed by atoms with van der Waals surface area (Å²) in [5.74, 6) is 0. The summed E-state index contributed by atoms with van der Waals surface area (Å²) in [4.78, 5) is 0. The van der Waals surface area contributed by atoms with Gasteiger partial charge in [-0.2, -0.15) is 0 Å². The van der Waals surface area contributed by atoms with Crippen molar-refractivity contribution < 1.29 is 4.74 Å². The van der Waals surface area contributed by atoms with E-state index in [1.165, 1.54) is 0 Å². The molecular weight excluding hydrogens is 126 g/mol. The van der Waals surface area contributed by atoms with Gasteiger partial charge in [-0.3, -0.25) is 0 Å². The van der Waals surface area contributed by atoms with Gasteiger partial charge in [-0.15, -0.1) is 0 Å². The molecule has 0 atom stereocenters. The maximum atomic E-state index is 5.36. The van der Waals surface area contributed by atoms with Crippen molar-refractivity contribution in [2.75, 3.05) is 19.7 Å². The Morgan fingerprint density at radius 3 is 2.30 bits per heavy atom. The Hall–Kier alpha value is -0.0800. The zero-order chi connectivity index (χ0) is 7.82. The van der Waals surface area contributed by atoms with Crippen molar-refractivity contribution in [3.05, 3.63) is 0 Å². The molecule has 0 saturated carbocycles. The summed E-state index contributed by atoms with van der Waals surface area (Å²) in [5.41, 5.74) is 0. The van der Waals surface area contributed by atoms with Gasteiger partial charge in [-0.25, -0.2) is 0 Å². The predicted octanol–water partition coefficient (Wildman–Crippen LogP) is 1.41. The molecule has 1 rings (SSSR count). The molecule has 1 saturated heterocycles. The van der Waals surface area contributed by atoms with Gasteiger partial charge < -0.3 is 10.1 Å². The van der Waals surface area contributed by atoms with Gasteiger partial charge >= 0.3 is 0 Å². The highest BCUT2D eigenvalue weighted by Crippen LogP contribution is 1.97. The lowest BCUT2D eigenvalue weighted by Crippen LogP contribution is -2.48. The maximum Gasteiger partial charge on any atom is 0.0823 e. The van der Waals surface area contributed by atoms with Crippen molar-refractivity contribution in [2.24, 2.45) is 0 Å². The molecule has 0 amide bonds. The minimum Gasteiger partial charge on any atom is -0.376 e. The van der Waals surface area contributed by atoms with Crippen LogP contribution in [0, 0.1) is 0 Å². The van der Waals surface area contributed by atoms with E-state index in [9.17, 15) is 0 Å². The lowest BCUT2D eigenvalue weighted by molar-refractivity contribution is 0.0194. The molecule has 0 aromatic heterocycles. The van der Waals surface area contributed by atoms with E-state index in [1.54, 1.807) is 0 Å². The zero-order valence-corrected chi connectivity index (χ0v) is 7.31. The Morgan fingerprint density at radius 2 is 2.00 bits per heavy atom. The number of ether oxygens (including phenoxy) is 1. The average Bonchev–Trinajstić information content (AvgIpc) is 1.90. The SMILES string of the molecule is CC.CCCOC1CNC1. The molecule has 1 fully saturated rings. The van der Waals surface area contributed by atoms with Crippen LogP contribution in [-0.4, -0.2) is 25.8 Å². The first-order chi connectivity index (χ1) is 4.93. The van der Waals surface area contributed by atoms with Gasteiger partial charge in [0.2, 0.25) is 0 Å². The van der Waals surface area contributed by atoms with Crippen molar-refractivity contribution in [3.63, 3.8) is 0 Å². The highest BCUT2D eigenvalue weighted by atomic mass is 16.5. The molecule has 0 aliphatic carbocycles. The van der Waals surface area contributed by atoms with Gasteiger partial charge in [0.1, 0.15) is 0 Å². The molecule has 0 unspecified atom stereocenters. The monoisotopic (exact) mass is 145 g/mol. The fourth-order valence-corrected chi connectivity index (χ4v) is 0.665. The van der Waals surface area contributed by atoms with E-state index in [4.69, 9.17) is 4.74 Å². The molecule has 0 bridgehead atoms. The molecule has 1 heterocycles. The van der Waals surface area contributed by atoms with Gasteiger partial charge in [0.15, 0.2) is 0 Å². The van der Waals surface area contributed by atoms with E-state index in [0.29, 0.717) is 6.10 Å². The lowest BCUT2D eigenvalue weighted by Gasteiger charge is -2.26. The smallest absolute Gasteiger partial charge is 0.0823 e. The summed E-state index contributed by atoms with van der Waals surface area (Å²) in [6, 6.07) is 0. The van der Waals surface area contributed by atoms with Crippen LogP contribution in [0.5, 0.6) is 0 Å². The van der Waals surface area contributed by atoms with Gasteiger partial charge in [-0.05, 0) is 6.42 Å². The number of hydrogen-bond donors (Lipinski definition) is 1. The molecule has 1 aliphatic rings. The molecule has 1 N–H and O–H groups in total. The summed E-state index contributed by atoms with van der Waals surface area (Å²) in [5, 5.41) is 3.15. The van der Waals surface area contributed by atoms with Crippen molar-refractivity contribution >= 4 is 0 Å². The largest absolute Gasteiger partial charge is 0.376 e. The Kier molecular flexibility index (Phi) is 6.98. The summed E-state index contributed by atoms with van der Waals surface area (Å²) in [6.07, 6.45) is 1.66. The van der Waals surface area contributed by atoms with Crippen molar-refractivity contribution in [3.8, 4) is 0 Å². The molecule has 0 spiro atoms. The molecule has 0 radical (unpaired) electrons. The number of nitrogens with one attached hydrogen (secondary N) is 1. The third kappa shape index (κ3) is 3.85. The molecule has 62 valence electrons. The van der Waals surface area contributed by atoms with E-state index in [-0.39, 0.29) is 0 Å². The van der Waals surface area contributed by atoms with Crippen LogP contribution < -0.4 is 5.32 Å². The van der Waals surface area contributed by atoms with E-state index < -0.39 is 0 Å². The topological polar surface area (TPSA) is 21.3 Å². The first kappa shape index (κ1) is 9.92. The summed E-state index contributed by atoms with van der Waals surface area (Å²) in [6.45, 7) is 9.17. The van der Waals surface area contributed by atoms with Crippen molar-refractivity contribution in [2.45, 2.75) is 33.3 Å². The van der Waals surface area contributed by atoms with Gasteiger partial charge in [0.25, 0.3) is 0 Å². The van der Waals surface area contributed by atoms with Gasteiger partial charge in [0.05, 0.1) is 6.10 Å². The Morgan fingerprint density at radius 1 is 1.40 bits per heavy atom. The van der Waals surface area contributed by atoms with Crippen molar-refractivity contribution in [1.82, 2.24) is 5.32 Å². The second kappa shape index (κ2) is 7.03. The van der Waals surface area contributed by atoms with Crippen LogP contribution in [0.1, 0.15) is 27.2 Å². The van der Waals surface area contributed by atoms with E-state index in [1.807, 2.05) is 13.8 Å². The third-order valence-corrected chi connectivity index (χ3v) is 1.30. The second-order valence-electron chi connectivity index (χ2n) is 2.15. The second-order valence-corrected chi connectivity index (χ2v) is 2.15. The fraction of sp³-hybridized carbons (Fsp3) is 1.00. The van der Waals surface area contributed by atoms with Crippen LogP contribution >= 0.6 is 0 Å². The van der Waals surface area contributed by atoms with Crippen LogP contribution in [0.15, 0.2) is 0 Å². The molecule has 2 nitrogen and oxygen atoms in total. The minimum atomic E-state index is 0.523. The molecule has 2 heteroatoms. The third-order valence-electron chi connectivity index (χ3n) is 1.30. The Bertz CT molecular complexity index is 62.3. The Labute approximate surface area is 64.0 Å². The average molecular weight is 145 g/mol.